The number of rotatable bonds is 7. The summed E-state index contributed by atoms with van der Waals surface area (Å²) in [4.78, 5) is 37.0. The Morgan fingerprint density at radius 1 is 1.11 bits per heavy atom. The van der Waals surface area contributed by atoms with Crippen LogP contribution in [0.3, 0.4) is 0 Å². The van der Waals surface area contributed by atoms with Crippen molar-refractivity contribution in [3.8, 4) is 0 Å². The predicted molar refractivity (Wildman–Crippen MR) is 102 cm³/mol. The van der Waals surface area contributed by atoms with Gasteiger partial charge in [-0.3, -0.25) is 4.79 Å². The van der Waals surface area contributed by atoms with Gasteiger partial charge in [0.15, 0.2) is 6.10 Å². The molecule has 0 saturated heterocycles. The zero-order valence-corrected chi connectivity index (χ0v) is 17.6. The van der Waals surface area contributed by atoms with Crippen LogP contribution in [0, 0.1) is 5.41 Å². The fourth-order valence-electron chi connectivity index (χ4n) is 3.86. The molecule has 28 heavy (non-hydrogen) atoms. The lowest BCUT2D eigenvalue weighted by Crippen LogP contribution is -2.56. The molecule has 2 atom stereocenters. The van der Waals surface area contributed by atoms with Crippen molar-refractivity contribution in [3.63, 3.8) is 0 Å². The first-order valence-electron chi connectivity index (χ1n) is 9.97. The van der Waals surface area contributed by atoms with Crippen LogP contribution >= 0.6 is 0 Å². The fraction of sp³-hybridized carbons (Fsp3) is 0.850. The molecule has 2 aliphatic carbocycles. The molecule has 2 unspecified atom stereocenters. The van der Waals surface area contributed by atoms with Gasteiger partial charge in [0.1, 0.15) is 11.6 Å². The Balaban J connectivity index is 2.10. The molecule has 0 aliphatic heterocycles. The maximum atomic E-state index is 13.0. The quantitative estimate of drug-likeness (QED) is 0.566. The molecule has 2 aliphatic rings. The molecule has 0 radical (unpaired) electrons. The molecule has 0 heterocycles. The molecule has 2 fully saturated rings. The Labute approximate surface area is 166 Å². The second kappa shape index (κ2) is 8.27. The van der Waals surface area contributed by atoms with Crippen molar-refractivity contribution in [2.24, 2.45) is 5.41 Å². The van der Waals surface area contributed by atoms with Gasteiger partial charge in [-0.1, -0.05) is 19.8 Å². The molecule has 0 aromatic rings. The van der Waals surface area contributed by atoms with Crippen molar-refractivity contribution >= 4 is 18.0 Å². The minimum absolute atomic E-state index is 0.0469. The molecule has 2 amide bonds. The van der Waals surface area contributed by atoms with Crippen LogP contribution in [0.1, 0.15) is 72.6 Å². The topological polar surface area (TPSA) is 114 Å². The molecule has 0 bridgehead atoms. The molecule has 0 spiro atoms. The van der Waals surface area contributed by atoms with Gasteiger partial charge in [-0.2, -0.15) is 0 Å². The van der Waals surface area contributed by atoms with Crippen LogP contribution in [0.2, 0.25) is 0 Å². The zero-order valence-electron chi connectivity index (χ0n) is 17.6. The molecule has 2 saturated carbocycles. The highest BCUT2D eigenvalue weighted by molar-refractivity contribution is 5.88. The van der Waals surface area contributed by atoms with Crippen molar-refractivity contribution in [3.05, 3.63) is 0 Å². The Morgan fingerprint density at radius 2 is 1.68 bits per heavy atom. The standard InChI is InChI=1S/C20H34N2O6/c1-18(2,3)28-17(26)21-13(12-19(4)8-6-7-9-19)15(24)22-20(10-11-20)14(23)16(25)27-5/h13-14,23H,6-12H2,1-5H3,(H,21,26)(H,22,24). The van der Waals surface area contributed by atoms with E-state index in [4.69, 9.17) is 4.74 Å². The van der Waals surface area contributed by atoms with E-state index in [1.165, 1.54) is 7.11 Å². The number of hydrogen-bond acceptors (Lipinski definition) is 6. The molecular weight excluding hydrogens is 364 g/mol. The van der Waals surface area contributed by atoms with Gasteiger partial charge < -0.3 is 25.2 Å². The molecule has 160 valence electrons. The molecule has 8 heteroatoms. The Morgan fingerprint density at radius 3 is 2.14 bits per heavy atom. The highest BCUT2D eigenvalue weighted by Crippen LogP contribution is 2.42. The van der Waals surface area contributed by atoms with Gasteiger partial charge in [0.2, 0.25) is 5.91 Å². The second-order valence-electron chi connectivity index (χ2n) is 9.49. The number of nitrogens with one attached hydrogen (secondary N) is 2. The van der Waals surface area contributed by atoms with Crippen molar-refractivity contribution in [1.29, 1.82) is 0 Å². The number of aliphatic hydroxyl groups excluding tert-OH is 1. The van der Waals surface area contributed by atoms with Crippen LogP contribution in [0.5, 0.6) is 0 Å². The van der Waals surface area contributed by atoms with Gasteiger partial charge in [0, 0.05) is 0 Å². The van der Waals surface area contributed by atoms with Crippen molar-refractivity contribution in [1.82, 2.24) is 10.6 Å². The number of alkyl carbamates (subject to hydrolysis) is 1. The van der Waals surface area contributed by atoms with E-state index < -0.39 is 41.3 Å². The molecular formula is C20H34N2O6. The van der Waals surface area contributed by atoms with E-state index >= 15 is 0 Å². The van der Waals surface area contributed by atoms with Crippen LogP contribution in [0.25, 0.3) is 0 Å². The van der Waals surface area contributed by atoms with Crippen molar-refractivity contribution < 1.29 is 29.0 Å². The van der Waals surface area contributed by atoms with E-state index in [9.17, 15) is 19.5 Å². The normalized spacial score (nSPS) is 21.9. The number of carbonyl (C=O) groups excluding carboxylic acids is 3. The number of aliphatic hydroxyl groups is 1. The van der Waals surface area contributed by atoms with Gasteiger partial charge >= 0.3 is 12.1 Å². The molecule has 2 rings (SSSR count). The van der Waals surface area contributed by atoms with Crippen LogP contribution in [-0.4, -0.2) is 53.5 Å². The maximum absolute atomic E-state index is 13.0. The maximum Gasteiger partial charge on any atom is 0.408 e. The number of amides is 2. The lowest BCUT2D eigenvalue weighted by molar-refractivity contribution is -0.153. The van der Waals surface area contributed by atoms with E-state index in [1.807, 2.05) is 0 Å². The summed E-state index contributed by atoms with van der Waals surface area (Å²) in [5.41, 5.74) is -1.75. The van der Waals surface area contributed by atoms with Crippen LogP contribution in [-0.2, 0) is 19.1 Å². The molecule has 8 nitrogen and oxygen atoms in total. The first-order valence-corrected chi connectivity index (χ1v) is 9.97. The van der Waals surface area contributed by atoms with Crippen LogP contribution in [0.4, 0.5) is 4.79 Å². The Hall–Kier alpha value is -1.83. The summed E-state index contributed by atoms with van der Waals surface area (Å²) >= 11 is 0. The lowest BCUT2D eigenvalue weighted by Gasteiger charge is -2.31. The zero-order chi connectivity index (χ0) is 21.2. The highest BCUT2D eigenvalue weighted by Gasteiger charge is 2.54. The van der Waals surface area contributed by atoms with Gasteiger partial charge in [-0.15, -0.1) is 0 Å². The SMILES string of the molecule is COC(=O)C(O)C1(NC(=O)C(CC2(C)CCCC2)NC(=O)OC(C)(C)C)CC1. The molecule has 0 aromatic heterocycles. The smallest absolute Gasteiger partial charge is 0.408 e. The Kier molecular flexibility index (Phi) is 6.63. The number of carbonyl (C=O) groups is 3. The van der Waals surface area contributed by atoms with E-state index in [1.54, 1.807) is 20.8 Å². The fourth-order valence-corrected chi connectivity index (χ4v) is 3.86. The van der Waals surface area contributed by atoms with E-state index in [2.05, 4.69) is 22.3 Å². The average Bonchev–Trinajstić information content (AvgIpc) is 3.24. The lowest BCUT2D eigenvalue weighted by atomic mass is 9.81. The second-order valence-corrected chi connectivity index (χ2v) is 9.49. The number of methoxy groups -OCH3 is 1. The highest BCUT2D eigenvalue weighted by atomic mass is 16.6. The van der Waals surface area contributed by atoms with E-state index in [0.29, 0.717) is 19.3 Å². The number of ether oxygens (including phenoxy) is 2. The van der Waals surface area contributed by atoms with Gasteiger partial charge in [-0.05, 0) is 58.3 Å². The minimum Gasteiger partial charge on any atom is -0.467 e. The third-order valence-corrected chi connectivity index (χ3v) is 5.62. The summed E-state index contributed by atoms with van der Waals surface area (Å²) < 4.78 is 9.90. The summed E-state index contributed by atoms with van der Waals surface area (Å²) in [6.45, 7) is 7.39. The summed E-state index contributed by atoms with van der Waals surface area (Å²) in [6.07, 6.45) is 3.52. The summed E-state index contributed by atoms with van der Waals surface area (Å²) in [5, 5.41) is 15.7. The van der Waals surface area contributed by atoms with E-state index in [0.717, 1.165) is 25.7 Å². The predicted octanol–water partition coefficient (Wildman–Crippen LogP) is 2.03. The third-order valence-electron chi connectivity index (χ3n) is 5.62. The van der Waals surface area contributed by atoms with Gasteiger partial charge in [0.05, 0.1) is 12.6 Å². The first-order chi connectivity index (χ1) is 12.9. The Bertz CT molecular complexity index is 602. The average molecular weight is 399 g/mol. The van der Waals surface area contributed by atoms with Crippen LogP contribution < -0.4 is 10.6 Å². The monoisotopic (exact) mass is 398 g/mol. The molecule has 3 N–H and O–H groups in total. The molecule has 0 aromatic carbocycles. The van der Waals surface area contributed by atoms with E-state index in [-0.39, 0.29) is 5.41 Å². The van der Waals surface area contributed by atoms with Crippen molar-refractivity contribution in [2.75, 3.05) is 7.11 Å². The van der Waals surface area contributed by atoms with Gasteiger partial charge in [-0.25, -0.2) is 9.59 Å². The van der Waals surface area contributed by atoms with Gasteiger partial charge in [0.25, 0.3) is 0 Å². The minimum atomic E-state index is -1.43. The number of hydrogen-bond donors (Lipinski definition) is 3. The summed E-state index contributed by atoms with van der Waals surface area (Å²) in [5.74, 6) is -1.20. The number of esters is 1. The van der Waals surface area contributed by atoms with Crippen LogP contribution in [0.15, 0.2) is 0 Å². The largest absolute Gasteiger partial charge is 0.467 e. The summed E-state index contributed by atoms with van der Waals surface area (Å²) in [6, 6.07) is -0.805. The third kappa shape index (κ3) is 5.83. The van der Waals surface area contributed by atoms with Crippen molar-refractivity contribution in [2.45, 2.75) is 95.9 Å². The summed E-state index contributed by atoms with van der Waals surface area (Å²) in [7, 11) is 1.19. The first kappa shape index (κ1) is 22.5.